The average Bonchev–Trinajstić information content (AvgIpc) is 3.18. The molecule has 2 saturated heterocycles. The molecule has 3 rings (SSSR count). The SMILES string of the molecule is Cc1ccc(C(=O)NCCN2CCOCC2)cc1S(=O)(=O)N1CCCC1. The second-order valence-electron chi connectivity index (χ2n) is 6.80. The van der Waals surface area contributed by atoms with Gasteiger partial charge in [-0.1, -0.05) is 6.07 Å². The van der Waals surface area contributed by atoms with Crippen LogP contribution in [0.2, 0.25) is 0 Å². The number of carbonyl (C=O) groups is 1. The lowest BCUT2D eigenvalue weighted by atomic mass is 10.1. The molecular weight excluding hydrogens is 354 g/mol. The maximum Gasteiger partial charge on any atom is 0.251 e. The zero-order valence-corrected chi connectivity index (χ0v) is 16.1. The number of morpholine rings is 1. The maximum atomic E-state index is 12.8. The number of hydrogen-bond acceptors (Lipinski definition) is 5. The molecule has 0 bridgehead atoms. The van der Waals surface area contributed by atoms with Crippen molar-refractivity contribution in [2.45, 2.75) is 24.7 Å². The highest BCUT2D eigenvalue weighted by Crippen LogP contribution is 2.24. The van der Waals surface area contributed by atoms with E-state index < -0.39 is 10.0 Å². The third kappa shape index (κ3) is 4.43. The molecule has 8 heteroatoms. The second-order valence-corrected chi connectivity index (χ2v) is 8.71. The van der Waals surface area contributed by atoms with Gasteiger partial charge in [-0.25, -0.2) is 8.42 Å². The lowest BCUT2D eigenvalue weighted by Gasteiger charge is -2.26. The van der Waals surface area contributed by atoms with Crippen molar-refractivity contribution in [3.05, 3.63) is 29.3 Å². The minimum atomic E-state index is -3.53. The summed E-state index contributed by atoms with van der Waals surface area (Å²) in [5.41, 5.74) is 1.05. The van der Waals surface area contributed by atoms with E-state index in [1.165, 1.54) is 10.4 Å². The Morgan fingerprint density at radius 2 is 1.85 bits per heavy atom. The Hall–Kier alpha value is -1.48. The Morgan fingerprint density at radius 1 is 1.15 bits per heavy atom. The van der Waals surface area contributed by atoms with Gasteiger partial charge in [0, 0.05) is 44.8 Å². The predicted octanol–water partition coefficient (Wildman–Crippen LogP) is 0.842. The summed E-state index contributed by atoms with van der Waals surface area (Å²) in [5, 5.41) is 2.88. The third-order valence-electron chi connectivity index (χ3n) is 4.95. The summed E-state index contributed by atoms with van der Waals surface area (Å²) in [5.74, 6) is -0.240. The second kappa shape index (κ2) is 8.47. The molecule has 7 nitrogen and oxygen atoms in total. The van der Waals surface area contributed by atoms with E-state index >= 15 is 0 Å². The smallest absolute Gasteiger partial charge is 0.251 e. The third-order valence-corrected chi connectivity index (χ3v) is 6.99. The van der Waals surface area contributed by atoms with Crippen LogP contribution in [-0.2, 0) is 14.8 Å². The van der Waals surface area contributed by atoms with E-state index in [2.05, 4.69) is 10.2 Å². The molecule has 1 N–H and O–H groups in total. The van der Waals surface area contributed by atoms with Crippen LogP contribution in [0.4, 0.5) is 0 Å². The lowest BCUT2D eigenvalue weighted by Crippen LogP contribution is -2.41. The summed E-state index contributed by atoms with van der Waals surface area (Å²) in [6.45, 7) is 7.36. The van der Waals surface area contributed by atoms with Crippen LogP contribution < -0.4 is 5.32 Å². The molecule has 0 atom stereocenters. The van der Waals surface area contributed by atoms with E-state index in [4.69, 9.17) is 4.74 Å². The molecule has 0 saturated carbocycles. The standard InChI is InChI=1S/C18H27N3O4S/c1-15-4-5-16(14-17(15)26(23,24)21-7-2-3-8-21)18(22)19-6-9-20-10-12-25-13-11-20/h4-5,14H,2-3,6-13H2,1H3,(H,19,22). The molecule has 1 aromatic rings. The van der Waals surface area contributed by atoms with E-state index in [0.29, 0.717) is 30.8 Å². The normalized spacial score (nSPS) is 19.6. The molecule has 144 valence electrons. The van der Waals surface area contributed by atoms with Gasteiger partial charge in [0.25, 0.3) is 5.91 Å². The molecule has 2 aliphatic rings. The molecule has 2 heterocycles. The highest BCUT2D eigenvalue weighted by Gasteiger charge is 2.29. The molecular formula is C18H27N3O4S. The number of carbonyl (C=O) groups excluding carboxylic acids is 1. The monoisotopic (exact) mass is 381 g/mol. The molecule has 0 aliphatic carbocycles. The molecule has 0 spiro atoms. The van der Waals surface area contributed by atoms with Gasteiger partial charge < -0.3 is 10.1 Å². The molecule has 2 aliphatic heterocycles. The Kier molecular flexibility index (Phi) is 6.29. The van der Waals surface area contributed by atoms with Crippen molar-refractivity contribution in [1.29, 1.82) is 0 Å². The molecule has 0 radical (unpaired) electrons. The number of ether oxygens (including phenoxy) is 1. The van der Waals surface area contributed by atoms with Gasteiger partial charge in [-0.15, -0.1) is 0 Å². The van der Waals surface area contributed by atoms with Gasteiger partial charge in [0.2, 0.25) is 10.0 Å². The lowest BCUT2D eigenvalue weighted by molar-refractivity contribution is 0.0383. The molecule has 0 unspecified atom stereocenters. The van der Waals surface area contributed by atoms with Gasteiger partial charge in [0.1, 0.15) is 0 Å². The predicted molar refractivity (Wildman–Crippen MR) is 98.8 cm³/mol. The van der Waals surface area contributed by atoms with Crippen molar-refractivity contribution in [2.75, 3.05) is 52.5 Å². The molecule has 0 aromatic heterocycles. The van der Waals surface area contributed by atoms with Crippen molar-refractivity contribution in [3.8, 4) is 0 Å². The van der Waals surface area contributed by atoms with Gasteiger partial charge in [-0.2, -0.15) is 4.31 Å². The highest BCUT2D eigenvalue weighted by molar-refractivity contribution is 7.89. The van der Waals surface area contributed by atoms with Crippen LogP contribution in [0, 0.1) is 6.92 Å². The summed E-state index contributed by atoms with van der Waals surface area (Å²) < 4.78 is 32.5. The summed E-state index contributed by atoms with van der Waals surface area (Å²) >= 11 is 0. The van der Waals surface area contributed by atoms with Crippen LogP contribution in [0.25, 0.3) is 0 Å². The zero-order chi connectivity index (χ0) is 18.6. The van der Waals surface area contributed by atoms with E-state index in [9.17, 15) is 13.2 Å². The van der Waals surface area contributed by atoms with Crippen LogP contribution in [0.3, 0.4) is 0 Å². The van der Waals surface area contributed by atoms with Gasteiger partial charge in [0.05, 0.1) is 18.1 Å². The van der Waals surface area contributed by atoms with Crippen molar-refractivity contribution < 1.29 is 17.9 Å². The molecule has 1 aromatic carbocycles. The van der Waals surface area contributed by atoms with Crippen molar-refractivity contribution in [1.82, 2.24) is 14.5 Å². The average molecular weight is 381 g/mol. The van der Waals surface area contributed by atoms with Crippen molar-refractivity contribution >= 4 is 15.9 Å². The summed E-state index contributed by atoms with van der Waals surface area (Å²) in [6, 6.07) is 4.90. The van der Waals surface area contributed by atoms with Gasteiger partial charge in [0.15, 0.2) is 0 Å². The minimum absolute atomic E-state index is 0.236. The quantitative estimate of drug-likeness (QED) is 0.790. The van der Waals surface area contributed by atoms with Crippen LogP contribution in [0.15, 0.2) is 23.1 Å². The summed E-state index contributed by atoms with van der Waals surface area (Å²) in [7, 11) is -3.53. The Morgan fingerprint density at radius 3 is 2.54 bits per heavy atom. The first kappa shape index (κ1) is 19.3. The Bertz CT molecular complexity index is 739. The van der Waals surface area contributed by atoms with Crippen molar-refractivity contribution in [3.63, 3.8) is 0 Å². The molecule has 2 fully saturated rings. The number of amides is 1. The first-order valence-corrected chi connectivity index (χ1v) is 10.6. The number of sulfonamides is 1. The first-order valence-electron chi connectivity index (χ1n) is 9.17. The fraction of sp³-hybridized carbons (Fsp3) is 0.611. The highest BCUT2D eigenvalue weighted by atomic mass is 32.2. The molecule has 1 amide bonds. The van der Waals surface area contributed by atoms with E-state index in [0.717, 1.165) is 45.7 Å². The number of rotatable bonds is 6. The number of hydrogen-bond donors (Lipinski definition) is 1. The van der Waals surface area contributed by atoms with Crippen molar-refractivity contribution in [2.24, 2.45) is 0 Å². The largest absolute Gasteiger partial charge is 0.379 e. The van der Waals surface area contributed by atoms with Gasteiger partial charge in [-0.3, -0.25) is 9.69 Å². The Labute approximate surface area is 155 Å². The van der Waals surface area contributed by atoms with Crippen LogP contribution >= 0.6 is 0 Å². The Balaban J connectivity index is 1.65. The fourth-order valence-electron chi connectivity index (χ4n) is 3.34. The van der Waals surface area contributed by atoms with E-state index in [1.54, 1.807) is 19.1 Å². The minimum Gasteiger partial charge on any atom is -0.379 e. The topological polar surface area (TPSA) is 79.0 Å². The molecule has 26 heavy (non-hydrogen) atoms. The van der Waals surface area contributed by atoms with Crippen LogP contribution in [-0.4, -0.2) is 76.0 Å². The van der Waals surface area contributed by atoms with Gasteiger partial charge in [-0.05, 0) is 37.5 Å². The van der Waals surface area contributed by atoms with Crippen LogP contribution in [0.1, 0.15) is 28.8 Å². The zero-order valence-electron chi connectivity index (χ0n) is 15.2. The number of aryl methyl sites for hydroxylation is 1. The summed E-state index contributed by atoms with van der Waals surface area (Å²) in [6.07, 6.45) is 1.78. The number of nitrogens with one attached hydrogen (secondary N) is 1. The van der Waals surface area contributed by atoms with Crippen LogP contribution in [0.5, 0.6) is 0 Å². The van der Waals surface area contributed by atoms with E-state index in [1.807, 2.05) is 0 Å². The first-order chi connectivity index (χ1) is 12.5. The summed E-state index contributed by atoms with van der Waals surface area (Å²) in [4.78, 5) is 14.9. The number of nitrogens with zero attached hydrogens (tertiary/aromatic N) is 2. The van der Waals surface area contributed by atoms with Gasteiger partial charge >= 0.3 is 0 Å². The number of benzene rings is 1. The maximum absolute atomic E-state index is 12.8. The van der Waals surface area contributed by atoms with E-state index in [-0.39, 0.29) is 10.8 Å². The fourth-order valence-corrected chi connectivity index (χ4v) is 5.11.